The summed E-state index contributed by atoms with van der Waals surface area (Å²) in [5.41, 5.74) is 5.88. The SMILES string of the molecule is CC1CCC(CCC(=O)N2CCCC(N)C2)O1.Cl. The van der Waals surface area contributed by atoms with Crippen LogP contribution in [0.3, 0.4) is 0 Å². The van der Waals surface area contributed by atoms with Gasteiger partial charge in [-0.25, -0.2) is 0 Å². The number of nitrogens with zero attached hydrogens (tertiary/aromatic N) is 1. The Morgan fingerprint density at radius 3 is 2.78 bits per heavy atom. The monoisotopic (exact) mass is 276 g/mol. The molecule has 2 rings (SSSR count). The number of nitrogens with two attached hydrogens (primary N) is 1. The molecule has 0 radical (unpaired) electrons. The minimum atomic E-state index is 0. The van der Waals surface area contributed by atoms with E-state index in [0.717, 1.165) is 45.2 Å². The maximum atomic E-state index is 12.0. The van der Waals surface area contributed by atoms with Crippen LogP contribution in [0.2, 0.25) is 0 Å². The van der Waals surface area contributed by atoms with Gasteiger partial charge in [-0.3, -0.25) is 4.79 Å². The van der Waals surface area contributed by atoms with Crippen molar-refractivity contribution < 1.29 is 9.53 Å². The van der Waals surface area contributed by atoms with E-state index in [-0.39, 0.29) is 24.4 Å². The molecule has 0 aromatic heterocycles. The third-order valence-corrected chi connectivity index (χ3v) is 3.81. The molecule has 2 saturated heterocycles. The van der Waals surface area contributed by atoms with Gasteiger partial charge in [0.15, 0.2) is 0 Å². The van der Waals surface area contributed by atoms with Crippen molar-refractivity contribution in [3.63, 3.8) is 0 Å². The number of halogens is 1. The Hall–Kier alpha value is -0.320. The Morgan fingerprint density at radius 1 is 1.39 bits per heavy atom. The molecule has 0 aromatic rings. The molecule has 1 amide bonds. The Bertz CT molecular complexity index is 276. The molecule has 0 bridgehead atoms. The van der Waals surface area contributed by atoms with Gasteiger partial charge in [-0.1, -0.05) is 0 Å². The molecule has 2 heterocycles. The first-order valence-corrected chi connectivity index (χ1v) is 6.84. The summed E-state index contributed by atoms with van der Waals surface area (Å²) in [4.78, 5) is 13.9. The van der Waals surface area contributed by atoms with Crippen LogP contribution in [0, 0.1) is 0 Å². The smallest absolute Gasteiger partial charge is 0.222 e. The van der Waals surface area contributed by atoms with E-state index >= 15 is 0 Å². The van der Waals surface area contributed by atoms with Gasteiger partial charge in [0.2, 0.25) is 5.91 Å². The van der Waals surface area contributed by atoms with Crippen LogP contribution >= 0.6 is 12.4 Å². The molecular weight excluding hydrogens is 252 g/mol. The predicted octanol–water partition coefficient (Wildman–Crippen LogP) is 1.71. The first-order valence-electron chi connectivity index (χ1n) is 6.84. The van der Waals surface area contributed by atoms with E-state index in [9.17, 15) is 4.79 Å². The van der Waals surface area contributed by atoms with E-state index in [1.807, 2.05) is 4.90 Å². The Kier molecular flexibility index (Phi) is 6.39. The predicted molar refractivity (Wildman–Crippen MR) is 73.8 cm³/mol. The fraction of sp³-hybridized carbons (Fsp3) is 0.923. The van der Waals surface area contributed by atoms with Crippen LogP contribution < -0.4 is 5.73 Å². The van der Waals surface area contributed by atoms with Crippen LogP contribution in [0.4, 0.5) is 0 Å². The van der Waals surface area contributed by atoms with Gasteiger partial charge in [0, 0.05) is 25.6 Å². The van der Waals surface area contributed by atoms with Gasteiger partial charge in [0.1, 0.15) is 0 Å². The van der Waals surface area contributed by atoms with Crippen LogP contribution in [0.5, 0.6) is 0 Å². The van der Waals surface area contributed by atoms with Crippen molar-refractivity contribution in [2.45, 2.75) is 63.7 Å². The van der Waals surface area contributed by atoms with Crippen molar-refractivity contribution in [1.29, 1.82) is 0 Å². The highest BCUT2D eigenvalue weighted by Gasteiger charge is 2.25. The number of hydrogen-bond acceptors (Lipinski definition) is 3. The number of hydrogen-bond donors (Lipinski definition) is 1. The lowest BCUT2D eigenvalue weighted by Crippen LogP contribution is -2.45. The van der Waals surface area contributed by atoms with E-state index in [4.69, 9.17) is 10.5 Å². The first-order chi connectivity index (χ1) is 8.15. The number of carbonyl (C=O) groups is 1. The van der Waals surface area contributed by atoms with Crippen LogP contribution in [-0.2, 0) is 9.53 Å². The maximum absolute atomic E-state index is 12.0. The summed E-state index contributed by atoms with van der Waals surface area (Å²) >= 11 is 0. The fourth-order valence-electron chi connectivity index (χ4n) is 2.78. The Morgan fingerprint density at radius 2 is 2.17 bits per heavy atom. The molecule has 18 heavy (non-hydrogen) atoms. The van der Waals surface area contributed by atoms with Crippen molar-refractivity contribution in [3.8, 4) is 0 Å². The van der Waals surface area contributed by atoms with Gasteiger partial charge in [0.25, 0.3) is 0 Å². The van der Waals surface area contributed by atoms with Crippen molar-refractivity contribution in [2.24, 2.45) is 5.73 Å². The maximum Gasteiger partial charge on any atom is 0.222 e. The number of amides is 1. The van der Waals surface area contributed by atoms with E-state index in [1.54, 1.807) is 0 Å². The molecule has 0 spiro atoms. The minimum absolute atomic E-state index is 0. The fourth-order valence-corrected chi connectivity index (χ4v) is 2.78. The highest BCUT2D eigenvalue weighted by Crippen LogP contribution is 2.23. The first kappa shape index (κ1) is 15.7. The molecular formula is C13H25ClN2O2. The molecule has 5 heteroatoms. The van der Waals surface area contributed by atoms with E-state index in [0.29, 0.717) is 18.6 Å². The third-order valence-electron chi connectivity index (χ3n) is 3.81. The quantitative estimate of drug-likeness (QED) is 0.854. The zero-order valence-electron chi connectivity index (χ0n) is 11.1. The van der Waals surface area contributed by atoms with Crippen molar-refractivity contribution in [2.75, 3.05) is 13.1 Å². The number of ether oxygens (including phenoxy) is 1. The topological polar surface area (TPSA) is 55.6 Å². The lowest BCUT2D eigenvalue weighted by Gasteiger charge is -2.31. The van der Waals surface area contributed by atoms with Gasteiger partial charge >= 0.3 is 0 Å². The Balaban J connectivity index is 0.00000162. The van der Waals surface area contributed by atoms with Gasteiger partial charge in [-0.05, 0) is 39.0 Å². The van der Waals surface area contributed by atoms with Gasteiger partial charge in [-0.2, -0.15) is 0 Å². The lowest BCUT2D eigenvalue weighted by atomic mass is 10.0. The zero-order chi connectivity index (χ0) is 12.3. The molecule has 3 unspecified atom stereocenters. The highest BCUT2D eigenvalue weighted by atomic mass is 35.5. The summed E-state index contributed by atoms with van der Waals surface area (Å²) in [6.45, 7) is 3.72. The minimum Gasteiger partial charge on any atom is -0.375 e. The second-order valence-corrected chi connectivity index (χ2v) is 5.43. The zero-order valence-corrected chi connectivity index (χ0v) is 12.0. The second-order valence-electron chi connectivity index (χ2n) is 5.43. The average Bonchev–Trinajstić information content (AvgIpc) is 2.72. The largest absolute Gasteiger partial charge is 0.375 e. The van der Waals surface area contributed by atoms with Crippen molar-refractivity contribution in [1.82, 2.24) is 4.90 Å². The van der Waals surface area contributed by atoms with Gasteiger partial charge < -0.3 is 15.4 Å². The molecule has 4 nitrogen and oxygen atoms in total. The number of rotatable bonds is 3. The summed E-state index contributed by atoms with van der Waals surface area (Å²) in [6, 6.07) is 0.176. The second kappa shape index (κ2) is 7.31. The summed E-state index contributed by atoms with van der Waals surface area (Å²) in [7, 11) is 0. The Labute approximate surface area is 116 Å². The molecule has 0 saturated carbocycles. The number of piperidine rings is 1. The average molecular weight is 277 g/mol. The van der Waals surface area contributed by atoms with Crippen LogP contribution in [-0.4, -0.2) is 42.1 Å². The number of likely N-dealkylation sites (tertiary alicyclic amines) is 1. The van der Waals surface area contributed by atoms with Crippen LogP contribution in [0.1, 0.15) is 45.4 Å². The summed E-state index contributed by atoms with van der Waals surface area (Å²) in [5, 5.41) is 0. The van der Waals surface area contributed by atoms with E-state index < -0.39 is 0 Å². The third kappa shape index (κ3) is 4.41. The van der Waals surface area contributed by atoms with Crippen LogP contribution in [0.25, 0.3) is 0 Å². The molecule has 2 N–H and O–H groups in total. The molecule has 2 aliphatic rings. The highest BCUT2D eigenvalue weighted by molar-refractivity contribution is 5.85. The summed E-state index contributed by atoms with van der Waals surface area (Å²) < 4.78 is 5.72. The summed E-state index contributed by atoms with van der Waals surface area (Å²) in [5.74, 6) is 0.253. The summed E-state index contributed by atoms with van der Waals surface area (Å²) in [6.07, 6.45) is 6.49. The standard InChI is InChI=1S/C13H24N2O2.ClH/c1-10-4-5-12(17-10)6-7-13(16)15-8-2-3-11(14)9-15;/h10-12H,2-9,14H2,1H3;1H. The molecule has 2 aliphatic heterocycles. The van der Waals surface area contributed by atoms with E-state index in [2.05, 4.69) is 6.92 Å². The lowest BCUT2D eigenvalue weighted by molar-refractivity contribution is -0.133. The van der Waals surface area contributed by atoms with Gasteiger partial charge in [0.05, 0.1) is 12.2 Å². The van der Waals surface area contributed by atoms with Gasteiger partial charge in [-0.15, -0.1) is 12.4 Å². The van der Waals surface area contributed by atoms with Crippen molar-refractivity contribution >= 4 is 18.3 Å². The van der Waals surface area contributed by atoms with E-state index in [1.165, 1.54) is 0 Å². The molecule has 3 atom stereocenters. The normalized spacial score (nSPS) is 32.1. The number of carbonyl (C=O) groups excluding carboxylic acids is 1. The van der Waals surface area contributed by atoms with Crippen LogP contribution in [0.15, 0.2) is 0 Å². The molecule has 0 aliphatic carbocycles. The molecule has 0 aromatic carbocycles. The molecule has 2 fully saturated rings. The van der Waals surface area contributed by atoms with Crippen molar-refractivity contribution in [3.05, 3.63) is 0 Å². The molecule has 106 valence electrons.